The molecule has 0 fully saturated rings. The van der Waals surface area contributed by atoms with Crippen LogP contribution < -0.4 is 8.37 Å². The normalized spacial score (nSPS) is 9.00. The van der Waals surface area contributed by atoms with Gasteiger partial charge in [-0.2, -0.15) is 0 Å². The Morgan fingerprint density at radius 1 is 1.10 bits per heavy atom. The molecule has 4 heteroatoms. The maximum atomic E-state index is 4.61. The van der Waals surface area contributed by atoms with E-state index in [0.29, 0.717) is 11.5 Å². The predicted octanol–water partition coefficient (Wildman–Crippen LogP) is 1.93. The van der Waals surface area contributed by atoms with E-state index in [9.17, 15) is 0 Å². The highest BCUT2D eigenvalue weighted by Crippen LogP contribution is 2.19. The second-order valence-corrected chi connectivity index (χ2v) is 1.95. The first-order valence-electron chi connectivity index (χ1n) is 2.51. The van der Waals surface area contributed by atoms with Crippen molar-refractivity contribution >= 4 is 25.8 Å². The van der Waals surface area contributed by atoms with Crippen molar-refractivity contribution in [2.45, 2.75) is 0 Å². The van der Waals surface area contributed by atoms with Crippen molar-refractivity contribution in [1.29, 1.82) is 0 Å². The Bertz CT molecular complexity index is 195. The van der Waals surface area contributed by atoms with Gasteiger partial charge in [-0.1, -0.05) is 0 Å². The predicted molar refractivity (Wildman–Crippen MR) is 44.5 cm³/mol. The second kappa shape index (κ2) is 3.63. The monoisotopic (exact) mass is 173 g/mol. The van der Waals surface area contributed by atoms with Gasteiger partial charge in [0.15, 0.2) is 0 Å². The highest BCUT2D eigenvalue weighted by molar-refractivity contribution is 7.75. The van der Waals surface area contributed by atoms with Gasteiger partial charge in [-0.3, -0.25) is 0 Å². The standard InChI is InChI=1S/C6H5O2S2/c9-7-5-2-1-3-6(4-5)8-10/h2-4,9-10H. The molecule has 0 spiro atoms. The Kier molecular flexibility index (Phi) is 2.77. The minimum Gasteiger partial charge on any atom is -0.429 e. The summed E-state index contributed by atoms with van der Waals surface area (Å²) in [5.74, 6) is 1.16. The van der Waals surface area contributed by atoms with Gasteiger partial charge in [-0.15, -0.1) is 0 Å². The van der Waals surface area contributed by atoms with Gasteiger partial charge in [0, 0.05) is 31.9 Å². The van der Waals surface area contributed by atoms with E-state index in [2.05, 4.69) is 40.3 Å². The lowest BCUT2D eigenvalue weighted by Gasteiger charge is -1.98. The summed E-state index contributed by atoms with van der Waals surface area (Å²) in [4.78, 5) is 0. The van der Waals surface area contributed by atoms with Crippen molar-refractivity contribution < 1.29 is 8.37 Å². The van der Waals surface area contributed by atoms with Crippen molar-refractivity contribution in [3.05, 3.63) is 24.3 Å². The average molecular weight is 173 g/mol. The molecule has 0 aliphatic rings. The van der Waals surface area contributed by atoms with Crippen LogP contribution in [-0.4, -0.2) is 0 Å². The van der Waals surface area contributed by atoms with Crippen LogP contribution >= 0.6 is 25.8 Å². The zero-order valence-electron chi connectivity index (χ0n) is 4.94. The quantitative estimate of drug-likeness (QED) is 0.526. The Morgan fingerprint density at radius 2 is 1.60 bits per heavy atom. The van der Waals surface area contributed by atoms with E-state index in [1.165, 1.54) is 0 Å². The Labute approximate surface area is 70.4 Å². The Balaban J connectivity index is 2.87. The number of hydrogen-bond donors (Lipinski definition) is 2. The molecule has 10 heavy (non-hydrogen) atoms. The molecule has 0 saturated carbocycles. The molecule has 1 aromatic carbocycles. The third-order valence-electron chi connectivity index (χ3n) is 0.947. The third kappa shape index (κ3) is 1.75. The fourth-order valence-electron chi connectivity index (χ4n) is 0.535. The van der Waals surface area contributed by atoms with E-state index in [0.717, 1.165) is 0 Å². The van der Waals surface area contributed by atoms with Gasteiger partial charge in [-0.25, -0.2) is 0 Å². The number of thiol groups is 2. The van der Waals surface area contributed by atoms with Crippen LogP contribution in [0.5, 0.6) is 11.5 Å². The molecule has 0 heterocycles. The number of hydrogen-bond acceptors (Lipinski definition) is 4. The van der Waals surface area contributed by atoms with Crippen LogP contribution in [0.15, 0.2) is 18.2 Å². The summed E-state index contributed by atoms with van der Waals surface area (Å²) in [6, 6.07) is 7.72. The molecule has 0 atom stereocenters. The van der Waals surface area contributed by atoms with Crippen LogP contribution in [0.25, 0.3) is 0 Å². The van der Waals surface area contributed by atoms with Crippen LogP contribution in [0.2, 0.25) is 0 Å². The van der Waals surface area contributed by atoms with Crippen LogP contribution in [0.3, 0.4) is 0 Å². The molecule has 1 rings (SSSR count). The molecule has 0 aromatic heterocycles. The van der Waals surface area contributed by atoms with Gasteiger partial charge >= 0.3 is 0 Å². The average Bonchev–Trinajstić information content (AvgIpc) is 2.05. The Morgan fingerprint density at radius 3 is 2.00 bits per heavy atom. The van der Waals surface area contributed by atoms with Gasteiger partial charge < -0.3 is 8.37 Å². The van der Waals surface area contributed by atoms with Crippen molar-refractivity contribution in [1.82, 2.24) is 0 Å². The first kappa shape index (κ1) is 7.63. The van der Waals surface area contributed by atoms with Crippen LogP contribution in [-0.2, 0) is 0 Å². The van der Waals surface area contributed by atoms with Crippen molar-refractivity contribution in [3.63, 3.8) is 0 Å². The lowest BCUT2D eigenvalue weighted by Crippen LogP contribution is -1.77. The molecule has 2 nitrogen and oxygen atoms in total. The van der Waals surface area contributed by atoms with Gasteiger partial charge in [0.25, 0.3) is 0 Å². The van der Waals surface area contributed by atoms with Gasteiger partial charge in [-0.05, 0) is 18.2 Å². The number of rotatable bonds is 2. The van der Waals surface area contributed by atoms with E-state index in [1.54, 1.807) is 18.2 Å². The molecular weight excluding hydrogens is 168 g/mol. The van der Waals surface area contributed by atoms with E-state index >= 15 is 0 Å². The van der Waals surface area contributed by atoms with Crippen LogP contribution in [0.1, 0.15) is 0 Å². The van der Waals surface area contributed by atoms with Crippen molar-refractivity contribution in [2.75, 3.05) is 0 Å². The zero-order valence-corrected chi connectivity index (χ0v) is 6.73. The fourth-order valence-corrected chi connectivity index (χ4v) is 0.746. The van der Waals surface area contributed by atoms with E-state index in [4.69, 9.17) is 0 Å². The first-order valence-corrected chi connectivity index (χ1v) is 3.24. The zero-order chi connectivity index (χ0) is 7.40. The molecular formula is C6H5O2S2. The lowest BCUT2D eigenvalue weighted by molar-refractivity contribution is 0.629. The molecule has 0 N–H and O–H groups in total. The molecule has 1 radical (unpaired) electrons. The highest BCUT2D eigenvalue weighted by atomic mass is 32.1. The second-order valence-electron chi connectivity index (χ2n) is 1.59. The van der Waals surface area contributed by atoms with E-state index in [1.807, 2.05) is 0 Å². The summed E-state index contributed by atoms with van der Waals surface area (Å²) in [6.45, 7) is 0. The molecule has 0 amide bonds. The van der Waals surface area contributed by atoms with Gasteiger partial charge in [0.2, 0.25) is 0 Å². The lowest BCUT2D eigenvalue weighted by atomic mass is 10.3. The SMILES string of the molecule is SOc1c[c]cc(OS)c1. The molecule has 0 unspecified atom stereocenters. The summed E-state index contributed by atoms with van der Waals surface area (Å²) in [5, 5.41) is 0. The summed E-state index contributed by atoms with van der Waals surface area (Å²) in [6.07, 6.45) is 0. The fraction of sp³-hybridized carbons (Fsp3) is 0. The smallest absolute Gasteiger partial charge is 0.141 e. The van der Waals surface area contributed by atoms with Crippen LogP contribution in [0, 0.1) is 6.07 Å². The molecule has 0 aliphatic heterocycles. The third-order valence-corrected chi connectivity index (χ3v) is 1.37. The minimum atomic E-state index is 0.579. The summed E-state index contributed by atoms with van der Waals surface area (Å²) < 4.78 is 9.21. The van der Waals surface area contributed by atoms with Gasteiger partial charge in [0.1, 0.15) is 11.5 Å². The van der Waals surface area contributed by atoms with Crippen LogP contribution in [0.4, 0.5) is 0 Å². The maximum absolute atomic E-state index is 4.61. The van der Waals surface area contributed by atoms with Gasteiger partial charge in [0.05, 0.1) is 0 Å². The molecule has 1 aromatic rings. The number of benzene rings is 1. The van der Waals surface area contributed by atoms with E-state index in [-0.39, 0.29) is 0 Å². The maximum Gasteiger partial charge on any atom is 0.141 e. The largest absolute Gasteiger partial charge is 0.429 e. The minimum absolute atomic E-state index is 0.579. The summed E-state index contributed by atoms with van der Waals surface area (Å²) >= 11 is 7.19. The molecule has 53 valence electrons. The highest BCUT2D eigenvalue weighted by Gasteiger charge is 1.93. The molecule has 0 saturated heterocycles. The first-order chi connectivity index (χ1) is 4.86. The Hall–Kier alpha value is -0.480. The molecule has 0 bridgehead atoms. The van der Waals surface area contributed by atoms with Crippen molar-refractivity contribution in [3.8, 4) is 11.5 Å². The topological polar surface area (TPSA) is 18.5 Å². The summed E-state index contributed by atoms with van der Waals surface area (Å²) in [5.41, 5.74) is 0. The summed E-state index contributed by atoms with van der Waals surface area (Å²) in [7, 11) is 0. The molecule has 0 aliphatic carbocycles. The van der Waals surface area contributed by atoms with E-state index < -0.39 is 0 Å². The van der Waals surface area contributed by atoms with Crippen molar-refractivity contribution in [2.24, 2.45) is 0 Å².